The number of aromatic nitrogens is 3. The van der Waals surface area contributed by atoms with E-state index >= 15 is 0 Å². The highest BCUT2D eigenvalue weighted by atomic mass is 16.7. The van der Waals surface area contributed by atoms with Crippen molar-refractivity contribution in [2.24, 2.45) is 17.8 Å². The van der Waals surface area contributed by atoms with Gasteiger partial charge in [0.15, 0.2) is 6.73 Å². The first-order chi connectivity index (χ1) is 21.3. The van der Waals surface area contributed by atoms with Crippen molar-refractivity contribution in [3.8, 4) is 0 Å². The Hall–Kier alpha value is -5.46. The van der Waals surface area contributed by atoms with E-state index in [1.54, 1.807) is 62.5 Å². The van der Waals surface area contributed by atoms with Crippen LogP contribution in [-0.4, -0.2) is 64.9 Å². The Balaban J connectivity index is 1.44. The number of amides is 1. The van der Waals surface area contributed by atoms with Crippen LogP contribution in [0.5, 0.6) is 0 Å². The second kappa shape index (κ2) is 15.1. The Kier molecular flexibility index (Phi) is 10.8. The van der Waals surface area contributed by atoms with Crippen LogP contribution in [0, 0.1) is 0 Å². The van der Waals surface area contributed by atoms with Crippen molar-refractivity contribution in [2.75, 3.05) is 36.7 Å². The molecule has 0 fully saturated rings. The zero-order chi connectivity index (χ0) is 31.5. The number of nitrogens with two attached hydrogens (primary N) is 1. The molecule has 3 N–H and O–H groups in total. The fourth-order valence-corrected chi connectivity index (χ4v) is 4.31. The normalized spacial score (nSPS) is 11.2. The van der Waals surface area contributed by atoms with Crippen LogP contribution in [0.15, 0.2) is 71.9 Å². The molecular weight excluding hydrogens is 566 g/mol. The maximum absolute atomic E-state index is 13.6. The molecule has 4 rings (SSSR count). The van der Waals surface area contributed by atoms with Gasteiger partial charge in [-0.3, -0.25) is 14.5 Å². The number of aryl methyl sites for hydroxylation is 1. The van der Waals surface area contributed by atoms with Gasteiger partial charge in [0.2, 0.25) is 0 Å². The third-order valence-corrected chi connectivity index (χ3v) is 6.55. The number of benzene rings is 2. The van der Waals surface area contributed by atoms with Crippen LogP contribution in [0.4, 0.5) is 16.3 Å². The molecule has 0 spiro atoms. The molecule has 0 bridgehead atoms. The minimum absolute atomic E-state index is 0.0437. The number of hydrogen-bond donors (Lipinski definition) is 2. The topological polar surface area (TPSA) is 163 Å². The summed E-state index contributed by atoms with van der Waals surface area (Å²) in [6, 6.07) is 17.9. The molecule has 2 heterocycles. The number of ether oxygens (including phenoxy) is 3. The van der Waals surface area contributed by atoms with Gasteiger partial charge in [0.25, 0.3) is 5.91 Å². The van der Waals surface area contributed by atoms with Crippen molar-refractivity contribution in [2.45, 2.75) is 26.8 Å². The van der Waals surface area contributed by atoms with Crippen LogP contribution in [0.3, 0.4) is 0 Å². The maximum Gasteiger partial charge on any atom is 0.510 e. The van der Waals surface area contributed by atoms with E-state index < -0.39 is 6.16 Å². The van der Waals surface area contributed by atoms with Crippen LogP contribution in [0.25, 0.3) is 11.0 Å². The number of nitrogens with zero attached hydrogens (tertiary/aromatic N) is 5. The number of carbonyl (C=O) groups excluding carboxylic acids is 3. The van der Waals surface area contributed by atoms with Gasteiger partial charge >= 0.3 is 12.1 Å². The highest BCUT2D eigenvalue weighted by Crippen LogP contribution is 2.21. The van der Waals surface area contributed by atoms with E-state index in [0.29, 0.717) is 29.0 Å². The van der Waals surface area contributed by atoms with Crippen molar-refractivity contribution in [1.29, 1.82) is 0 Å². The SMILES string of the molecule is CCOC(=O)CCN(C(=O)c1ccc2c(c1)nc(CNc1ccc(/C(N)=N\COC(=O)OCC)cc1)n2C)c1ccccn1. The van der Waals surface area contributed by atoms with Gasteiger partial charge in [-0.1, -0.05) is 6.07 Å². The van der Waals surface area contributed by atoms with E-state index in [9.17, 15) is 14.4 Å². The smallest absolute Gasteiger partial charge is 0.466 e. The van der Waals surface area contributed by atoms with Gasteiger partial charge in [0.05, 0.1) is 37.2 Å². The summed E-state index contributed by atoms with van der Waals surface area (Å²) >= 11 is 0. The van der Waals surface area contributed by atoms with Crippen molar-refractivity contribution in [1.82, 2.24) is 14.5 Å². The first-order valence-corrected chi connectivity index (χ1v) is 14.1. The maximum atomic E-state index is 13.6. The number of anilines is 2. The van der Waals surface area contributed by atoms with Gasteiger partial charge in [0, 0.05) is 36.6 Å². The second-order valence-corrected chi connectivity index (χ2v) is 9.42. The summed E-state index contributed by atoms with van der Waals surface area (Å²) in [7, 11) is 1.91. The van der Waals surface area contributed by atoms with E-state index in [-0.39, 0.29) is 50.6 Å². The lowest BCUT2D eigenvalue weighted by Crippen LogP contribution is -2.34. The number of imidazole rings is 1. The molecule has 13 heteroatoms. The number of amidine groups is 1. The van der Waals surface area contributed by atoms with Gasteiger partial charge < -0.3 is 29.8 Å². The predicted octanol–water partition coefficient (Wildman–Crippen LogP) is 4.02. The highest BCUT2D eigenvalue weighted by molar-refractivity contribution is 6.07. The number of carbonyl (C=O) groups is 3. The lowest BCUT2D eigenvalue weighted by Gasteiger charge is -2.21. The van der Waals surface area contributed by atoms with Crippen LogP contribution < -0.4 is 16.0 Å². The summed E-state index contributed by atoms with van der Waals surface area (Å²) in [5, 5.41) is 3.34. The number of nitrogens with one attached hydrogen (secondary N) is 1. The van der Waals surface area contributed by atoms with Gasteiger partial charge in [-0.2, -0.15) is 0 Å². The lowest BCUT2D eigenvalue weighted by molar-refractivity contribution is -0.142. The van der Waals surface area contributed by atoms with Crippen molar-refractivity contribution < 1.29 is 28.6 Å². The molecule has 0 atom stereocenters. The molecule has 0 aliphatic heterocycles. The van der Waals surface area contributed by atoms with Crippen LogP contribution in [0.2, 0.25) is 0 Å². The molecule has 0 saturated heterocycles. The van der Waals surface area contributed by atoms with Crippen LogP contribution in [-0.2, 0) is 32.6 Å². The van der Waals surface area contributed by atoms with Gasteiger partial charge in [0.1, 0.15) is 17.5 Å². The van der Waals surface area contributed by atoms with E-state index in [2.05, 4.69) is 20.0 Å². The predicted molar refractivity (Wildman–Crippen MR) is 165 cm³/mol. The van der Waals surface area contributed by atoms with Crippen LogP contribution in [0.1, 0.15) is 42.0 Å². The minimum Gasteiger partial charge on any atom is -0.466 e. The number of esters is 1. The van der Waals surface area contributed by atoms with E-state index in [4.69, 9.17) is 20.2 Å². The average molecular weight is 602 g/mol. The van der Waals surface area contributed by atoms with Crippen molar-refractivity contribution in [3.63, 3.8) is 0 Å². The van der Waals surface area contributed by atoms with Gasteiger partial charge in [-0.05, 0) is 68.4 Å². The Morgan fingerprint density at radius 3 is 2.43 bits per heavy atom. The Morgan fingerprint density at radius 2 is 1.73 bits per heavy atom. The number of fused-ring (bicyclic) bond motifs is 1. The average Bonchev–Trinajstić information content (AvgIpc) is 3.35. The Bertz CT molecular complexity index is 1620. The number of rotatable bonds is 13. The molecule has 0 unspecified atom stereocenters. The summed E-state index contributed by atoms with van der Waals surface area (Å²) in [5.74, 6) is 0.747. The first-order valence-electron chi connectivity index (χ1n) is 14.1. The molecule has 1 amide bonds. The first kappa shape index (κ1) is 31.5. The quantitative estimate of drug-likeness (QED) is 0.130. The largest absolute Gasteiger partial charge is 0.510 e. The molecule has 0 aliphatic rings. The van der Waals surface area contributed by atoms with Crippen molar-refractivity contribution >= 4 is 46.4 Å². The Labute approximate surface area is 254 Å². The third kappa shape index (κ3) is 8.09. The molecular formula is C31H35N7O6. The fraction of sp³-hybridized carbons (Fsp3) is 0.290. The third-order valence-electron chi connectivity index (χ3n) is 6.55. The second-order valence-electron chi connectivity index (χ2n) is 9.42. The van der Waals surface area contributed by atoms with Crippen LogP contribution >= 0.6 is 0 Å². The molecule has 4 aromatic rings. The minimum atomic E-state index is -0.800. The molecule has 0 aliphatic carbocycles. The zero-order valence-electron chi connectivity index (χ0n) is 24.9. The van der Waals surface area contributed by atoms with E-state index in [0.717, 1.165) is 17.0 Å². The van der Waals surface area contributed by atoms with E-state index in [1.165, 1.54) is 4.90 Å². The number of aliphatic imine (C=N–C) groups is 1. The highest BCUT2D eigenvalue weighted by Gasteiger charge is 2.21. The molecule has 230 valence electrons. The van der Waals surface area contributed by atoms with Crippen molar-refractivity contribution in [3.05, 3.63) is 83.8 Å². The number of hydrogen-bond acceptors (Lipinski definition) is 10. The summed E-state index contributed by atoms with van der Waals surface area (Å²) in [6.45, 7) is 4.22. The molecule has 2 aromatic carbocycles. The lowest BCUT2D eigenvalue weighted by atomic mass is 10.1. The summed E-state index contributed by atoms with van der Waals surface area (Å²) in [5.41, 5.74) is 9.44. The fourth-order valence-electron chi connectivity index (χ4n) is 4.31. The molecule has 2 aromatic heterocycles. The van der Waals surface area contributed by atoms with Gasteiger partial charge in [-0.25, -0.2) is 19.8 Å². The number of pyridine rings is 1. The molecule has 13 nitrogen and oxygen atoms in total. The Morgan fingerprint density at radius 1 is 0.977 bits per heavy atom. The molecule has 0 saturated carbocycles. The summed E-state index contributed by atoms with van der Waals surface area (Å²) < 4.78 is 16.5. The zero-order valence-corrected chi connectivity index (χ0v) is 24.9. The van der Waals surface area contributed by atoms with Gasteiger partial charge in [-0.15, -0.1) is 0 Å². The molecule has 44 heavy (non-hydrogen) atoms. The standard InChI is InChI=1S/C31H35N7O6/c1-4-42-28(39)15-17-38(26-8-6-7-16-33-26)30(40)22-11-14-25-24(18-22)36-27(37(25)3)19-34-23-12-9-21(10-13-23)29(32)35-20-44-31(41)43-5-2/h6-14,16,18,34H,4-5,15,17,19-20H2,1-3H3,(H2,32,35). The summed E-state index contributed by atoms with van der Waals surface area (Å²) in [4.78, 5) is 51.4. The monoisotopic (exact) mass is 601 g/mol. The molecule has 0 radical (unpaired) electrons. The summed E-state index contributed by atoms with van der Waals surface area (Å²) in [6.07, 6.45) is 0.842. The van der Waals surface area contributed by atoms with E-state index in [1.807, 2.05) is 29.8 Å².